The van der Waals surface area contributed by atoms with Crippen molar-refractivity contribution in [3.8, 4) is 11.3 Å². The van der Waals surface area contributed by atoms with E-state index in [0.29, 0.717) is 21.8 Å². The maximum absolute atomic E-state index is 13.9. The topological polar surface area (TPSA) is 52.1 Å². The molecule has 0 unspecified atom stereocenters. The van der Waals surface area contributed by atoms with Gasteiger partial charge in [0.05, 0.1) is 23.4 Å². The first-order chi connectivity index (χ1) is 11.1. The van der Waals surface area contributed by atoms with Crippen LogP contribution in [0.25, 0.3) is 22.2 Å². The van der Waals surface area contributed by atoms with Crippen LogP contribution in [0.15, 0.2) is 42.7 Å². The van der Waals surface area contributed by atoms with E-state index in [1.165, 1.54) is 18.5 Å². The van der Waals surface area contributed by atoms with Crippen molar-refractivity contribution >= 4 is 28.5 Å². The lowest BCUT2D eigenvalue weighted by Crippen LogP contribution is -2.07. The van der Waals surface area contributed by atoms with Crippen LogP contribution in [-0.4, -0.2) is 22.5 Å². The van der Waals surface area contributed by atoms with Crippen LogP contribution in [-0.2, 0) is 4.74 Å². The van der Waals surface area contributed by atoms with Crippen molar-refractivity contribution in [1.29, 1.82) is 0 Å². The van der Waals surface area contributed by atoms with E-state index < -0.39 is 11.8 Å². The van der Waals surface area contributed by atoms with Gasteiger partial charge in [0.15, 0.2) is 0 Å². The van der Waals surface area contributed by atoms with Gasteiger partial charge in [0, 0.05) is 16.0 Å². The SMILES string of the molecule is CCOC(=O)c1cc(-c2ncnc3ccc(Cl)cc23)ccc1F. The van der Waals surface area contributed by atoms with Crippen LogP contribution in [0.5, 0.6) is 0 Å². The van der Waals surface area contributed by atoms with Gasteiger partial charge in [0.25, 0.3) is 0 Å². The Bertz CT molecular complexity index is 899. The number of carbonyl (C=O) groups is 1. The lowest BCUT2D eigenvalue weighted by Gasteiger charge is -2.08. The molecule has 116 valence electrons. The number of halogens is 2. The largest absolute Gasteiger partial charge is 0.462 e. The van der Waals surface area contributed by atoms with Gasteiger partial charge in [-0.25, -0.2) is 19.2 Å². The van der Waals surface area contributed by atoms with Crippen molar-refractivity contribution in [1.82, 2.24) is 9.97 Å². The van der Waals surface area contributed by atoms with E-state index in [2.05, 4.69) is 9.97 Å². The molecule has 23 heavy (non-hydrogen) atoms. The highest BCUT2D eigenvalue weighted by Crippen LogP contribution is 2.28. The molecule has 3 rings (SSSR count). The molecule has 0 saturated carbocycles. The Morgan fingerprint density at radius 2 is 2.04 bits per heavy atom. The summed E-state index contributed by atoms with van der Waals surface area (Å²) in [6.07, 6.45) is 1.42. The molecule has 0 aliphatic carbocycles. The first-order valence-corrected chi connectivity index (χ1v) is 7.35. The number of ether oxygens (including phenoxy) is 1. The number of benzene rings is 2. The number of hydrogen-bond donors (Lipinski definition) is 0. The van der Waals surface area contributed by atoms with E-state index >= 15 is 0 Å². The number of nitrogens with zero attached hydrogens (tertiary/aromatic N) is 2. The van der Waals surface area contributed by atoms with Gasteiger partial charge >= 0.3 is 5.97 Å². The standard InChI is InChI=1S/C17H12ClFN2O2/c1-2-23-17(22)12-7-10(3-5-14(12)19)16-13-8-11(18)4-6-15(13)20-9-21-16/h3-9H,2H2,1H3. The monoisotopic (exact) mass is 330 g/mol. The molecule has 0 saturated heterocycles. The molecule has 0 bridgehead atoms. The zero-order chi connectivity index (χ0) is 16.4. The lowest BCUT2D eigenvalue weighted by atomic mass is 10.0. The molecule has 0 atom stereocenters. The summed E-state index contributed by atoms with van der Waals surface area (Å²) in [4.78, 5) is 20.3. The third-order valence-electron chi connectivity index (χ3n) is 3.33. The van der Waals surface area contributed by atoms with Gasteiger partial charge < -0.3 is 4.74 Å². The summed E-state index contributed by atoms with van der Waals surface area (Å²) in [5.41, 5.74) is 1.74. The van der Waals surface area contributed by atoms with Crippen LogP contribution in [0.3, 0.4) is 0 Å². The highest BCUT2D eigenvalue weighted by molar-refractivity contribution is 6.31. The fourth-order valence-corrected chi connectivity index (χ4v) is 2.47. The van der Waals surface area contributed by atoms with Gasteiger partial charge in [-0.2, -0.15) is 0 Å². The summed E-state index contributed by atoms with van der Waals surface area (Å²) in [6.45, 7) is 1.84. The lowest BCUT2D eigenvalue weighted by molar-refractivity contribution is 0.0521. The van der Waals surface area contributed by atoms with Crippen molar-refractivity contribution in [3.05, 3.63) is 59.1 Å². The smallest absolute Gasteiger partial charge is 0.341 e. The van der Waals surface area contributed by atoms with Crippen LogP contribution in [0.4, 0.5) is 4.39 Å². The van der Waals surface area contributed by atoms with Crippen LogP contribution in [0.1, 0.15) is 17.3 Å². The quantitative estimate of drug-likeness (QED) is 0.673. The molecule has 0 spiro atoms. The molecule has 4 nitrogen and oxygen atoms in total. The third kappa shape index (κ3) is 3.00. The Hall–Kier alpha value is -2.53. The van der Waals surface area contributed by atoms with E-state index in [1.807, 2.05) is 0 Å². The Morgan fingerprint density at radius 3 is 2.83 bits per heavy atom. The number of esters is 1. The van der Waals surface area contributed by atoms with E-state index in [9.17, 15) is 9.18 Å². The van der Waals surface area contributed by atoms with E-state index in [-0.39, 0.29) is 12.2 Å². The fraction of sp³-hybridized carbons (Fsp3) is 0.118. The molecule has 1 heterocycles. The summed E-state index contributed by atoms with van der Waals surface area (Å²) >= 11 is 6.04. The van der Waals surface area contributed by atoms with Gasteiger partial charge in [-0.1, -0.05) is 11.6 Å². The van der Waals surface area contributed by atoms with Gasteiger partial charge in [-0.05, 0) is 43.3 Å². The summed E-state index contributed by atoms with van der Waals surface area (Å²) in [5.74, 6) is -1.34. The first-order valence-electron chi connectivity index (χ1n) is 6.97. The maximum atomic E-state index is 13.9. The molecule has 0 N–H and O–H groups in total. The highest BCUT2D eigenvalue weighted by Gasteiger charge is 2.16. The summed E-state index contributed by atoms with van der Waals surface area (Å²) in [7, 11) is 0. The second kappa shape index (κ2) is 6.30. The van der Waals surface area contributed by atoms with Crippen molar-refractivity contribution < 1.29 is 13.9 Å². The minimum absolute atomic E-state index is 0.127. The Morgan fingerprint density at radius 1 is 1.22 bits per heavy atom. The van der Waals surface area contributed by atoms with E-state index in [1.54, 1.807) is 31.2 Å². The number of carbonyl (C=O) groups excluding carboxylic acids is 1. The zero-order valence-corrected chi connectivity index (χ0v) is 13.0. The summed E-state index contributed by atoms with van der Waals surface area (Å²) in [5, 5.41) is 1.27. The molecule has 0 aliphatic heterocycles. The minimum atomic E-state index is -0.705. The molecule has 0 amide bonds. The molecule has 3 aromatic rings. The molecular formula is C17H12ClFN2O2. The minimum Gasteiger partial charge on any atom is -0.462 e. The molecule has 1 aromatic heterocycles. The van der Waals surface area contributed by atoms with Crippen molar-refractivity contribution in [2.24, 2.45) is 0 Å². The summed E-state index contributed by atoms with van der Waals surface area (Å²) < 4.78 is 18.8. The molecule has 0 fully saturated rings. The molecule has 6 heteroatoms. The van der Waals surface area contributed by atoms with Crippen molar-refractivity contribution in [2.75, 3.05) is 6.61 Å². The average molecular weight is 331 g/mol. The van der Waals surface area contributed by atoms with Gasteiger partial charge in [-0.3, -0.25) is 0 Å². The van der Waals surface area contributed by atoms with Gasteiger partial charge in [-0.15, -0.1) is 0 Å². The fourth-order valence-electron chi connectivity index (χ4n) is 2.30. The average Bonchev–Trinajstić information content (AvgIpc) is 2.55. The molecule has 0 radical (unpaired) electrons. The Kier molecular flexibility index (Phi) is 4.21. The van der Waals surface area contributed by atoms with Gasteiger partial charge in [0.2, 0.25) is 0 Å². The predicted molar refractivity (Wildman–Crippen MR) is 85.9 cm³/mol. The van der Waals surface area contributed by atoms with Crippen molar-refractivity contribution in [2.45, 2.75) is 6.92 Å². The van der Waals surface area contributed by atoms with Crippen LogP contribution >= 0.6 is 11.6 Å². The number of hydrogen-bond acceptors (Lipinski definition) is 4. The molecule has 0 aliphatic rings. The van der Waals surface area contributed by atoms with Crippen LogP contribution < -0.4 is 0 Å². The Balaban J connectivity index is 2.18. The maximum Gasteiger partial charge on any atom is 0.341 e. The van der Waals surface area contributed by atoms with Crippen LogP contribution in [0, 0.1) is 5.82 Å². The summed E-state index contributed by atoms with van der Waals surface area (Å²) in [6, 6.07) is 9.45. The zero-order valence-electron chi connectivity index (χ0n) is 12.2. The second-order valence-corrected chi connectivity index (χ2v) is 5.24. The van der Waals surface area contributed by atoms with Crippen molar-refractivity contribution in [3.63, 3.8) is 0 Å². The number of aromatic nitrogens is 2. The Labute approximate surface area is 136 Å². The molecular weight excluding hydrogens is 319 g/mol. The van der Waals surface area contributed by atoms with E-state index in [0.717, 1.165) is 5.39 Å². The first kappa shape index (κ1) is 15.4. The predicted octanol–water partition coefficient (Wildman–Crippen LogP) is 4.27. The number of rotatable bonds is 3. The third-order valence-corrected chi connectivity index (χ3v) is 3.57. The molecule has 2 aromatic carbocycles. The van der Waals surface area contributed by atoms with Gasteiger partial charge in [0.1, 0.15) is 12.1 Å². The highest BCUT2D eigenvalue weighted by atomic mass is 35.5. The van der Waals surface area contributed by atoms with E-state index in [4.69, 9.17) is 16.3 Å². The normalized spacial score (nSPS) is 10.7. The number of fused-ring (bicyclic) bond motifs is 1. The van der Waals surface area contributed by atoms with Crippen LogP contribution in [0.2, 0.25) is 5.02 Å². The second-order valence-electron chi connectivity index (χ2n) is 4.80.